The van der Waals surface area contributed by atoms with Gasteiger partial charge >= 0.3 is 157 Å². The van der Waals surface area contributed by atoms with Crippen molar-refractivity contribution in [2.45, 2.75) is 302 Å². The van der Waals surface area contributed by atoms with Crippen LogP contribution in [0, 0.1) is 6.92 Å². The van der Waals surface area contributed by atoms with Gasteiger partial charge in [0.25, 0.3) is 22.9 Å². The van der Waals surface area contributed by atoms with Crippen LogP contribution in [0.15, 0.2) is 57.9 Å². The second kappa shape index (κ2) is 44.0. The van der Waals surface area contributed by atoms with Crippen molar-refractivity contribution in [2.24, 2.45) is 3.95 Å². The van der Waals surface area contributed by atoms with Crippen molar-refractivity contribution in [3.63, 3.8) is 0 Å². The number of alkyl halides is 1. The summed E-state index contributed by atoms with van der Waals surface area (Å²) in [5, 5.41) is 16.4. The Morgan fingerprint density at radius 2 is 0.769 bits per heavy atom. The minimum atomic E-state index is -0.979. The van der Waals surface area contributed by atoms with Crippen LogP contribution in [0.1, 0.15) is 311 Å². The van der Waals surface area contributed by atoms with Gasteiger partial charge in [-0.2, -0.15) is 9.80 Å². The summed E-state index contributed by atoms with van der Waals surface area (Å²) >= 11 is 30.5. The van der Waals surface area contributed by atoms with E-state index in [1.165, 1.54) is 48.5 Å². The third kappa shape index (κ3) is 25.5. The number of carbonyl (C=O) groups excluding carboxylic acids is 7. The molecule has 0 bridgehead atoms. The number of halogens is 7. The molecular formula is C87H119Cl6IN21O15-. The summed E-state index contributed by atoms with van der Waals surface area (Å²) in [7, 11) is 0. The molecule has 0 aromatic carbocycles. The number of hydrogen-bond donors (Lipinski definition) is 8. The number of nitrogens with two attached hydrogens (primary N) is 3. The minimum absolute atomic E-state index is 0. The molecule has 11 N–H and O–H groups in total. The first-order valence-corrected chi connectivity index (χ1v) is 47.4. The van der Waals surface area contributed by atoms with Crippen LogP contribution in [0.4, 0.5) is 65.5 Å². The van der Waals surface area contributed by atoms with Crippen LogP contribution in [0.5, 0.6) is 0 Å². The molecule has 7 aromatic rings. The molecule has 36 nitrogen and oxygen atoms in total. The van der Waals surface area contributed by atoms with E-state index in [-0.39, 0.29) is 114 Å². The predicted molar refractivity (Wildman–Crippen MR) is 498 cm³/mol. The van der Waals surface area contributed by atoms with Crippen LogP contribution in [0.3, 0.4) is 0 Å². The van der Waals surface area contributed by atoms with E-state index >= 15 is 0 Å². The molecule has 4 fully saturated rings. The number of rotatable bonds is 11. The molecule has 11 heterocycles. The second-order valence-electron chi connectivity index (χ2n) is 36.9. The van der Waals surface area contributed by atoms with Gasteiger partial charge in [-0.05, 0) is 184 Å². The third-order valence-electron chi connectivity index (χ3n) is 21.2. The van der Waals surface area contributed by atoms with Crippen molar-refractivity contribution >= 4 is 159 Å². The van der Waals surface area contributed by atoms with E-state index in [2.05, 4.69) is 66.5 Å². The SMILES string of the molecule is C1CCOC1.CC(C)c1c(N)ncnc1Cl.CC(C)c1c(N)ncnc1Nc1cc(Cl)c2n(c1=O)C1(CCCCC1)NC2=O.CC(C)c1c(Nc2cc(Cl)c3n(c2=O)C2(CCCCC2)NC3=O)ncnc1N(C(=O)OC(C)(C)C)C(=O)OC(C)(C)C.Cc1c(Cl)ncnc1N(C(=O)OC(C)(C)C)C(=O)OC(C)(C)C.Cl.N[I-]Cc1cc(Cl)c2n(c1=O)C1(CCCCC1)NC2=O. The summed E-state index contributed by atoms with van der Waals surface area (Å²) in [5.74, 6) is 0.510. The first-order valence-electron chi connectivity index (χ1n) is 42.8. The first-order chi connectivity index (χ1) is 60.3. The quantitative estimate of drug-likeness (QED) is 0.0196. The number of carbonyl (C=O) groups is 7. The molecule has 0 radical (unpaired) electrons. The molecule has 0 atom stereocenters. The third-order valence-corrected chi connectivity index (χ3v) is 24.0. The fourth-order valence-electron chi connectivity index (χ4n) is 15.8. The van der Waals surface area contributed by atoms with Gasteiger partial charge in [0.2, 0.25) is 0 Å². The Morgan fingerprint density at radius 1 is 0.454 bits per heavy atom. The molecule has 130 heavy (non-hydrogen) atoms. The van der Waals surface area contributed by atoms with E-state index in [0.29, 0.717) is 80.1 Å². The van der Waals surface area contributed by atoms with Gasteiger partial charge in [-0.25, -0.2) is 59.0 Å². The monoisotopic (exact) mass is 2030 g/mol. The van der Waals surface area contributed by atoms with Crippen LogP contribution < -0.4 is 90.0 Å². The standard InChI is InChI=1S/C29H39ClN6O6.C19H23ClN6O2.C15H22ClN3O4.C13H16ClIN3O2.C7H10ClN3.C4H8O.ClH/c1-16(2)19-21(31-15-32-22(19)35(25(39)41-27(3,4)5)26(40)42-28(6,7)8)33-18-14-17(30)20-23(37)34-29(36(20)24(18)38)12-10-9-11-13-29;1-10(2)13-15(21)22-9-23-16(13)24-12-8-11(20)14-17(27)25-19(26(14)18(12)28)6-4-3-5-7-19;1-9-10(16)17-8-18-11(9)19(12(20)22-14(2,3)4)13(21)23-15(5,6)7;14-9-6-8(7-15-16)12(20)18-10(9)11(19)17-13(18)4-2-1-3-5-13;1-4(2)5-6(8)10-3-11-7(5)9;1-2-4-5-3-1;/h14-16H,9-13H2,1-8H3,(H,34,37)(H,31,32,33);8-10H,3-7H2,1-2H3,(H,25,27)(H3,21,22,23,24);8H,1-7H3;6H,1-5,7,16H2,(H,17,19);3-4H,1-2H3,(H2,9,10,11);1-4H2;1H/q;;;-1;;;. The van der Waals surface area contributed by atoms with Gasteiger partial charge in [-0.3, -0.25) is 28.3 Å². The zero-order chi connectivity index (χ0) is 95.5. The van der Waals surface area contributed by atoms with Gasteiger partial charge in [0, 0.05) is 35.5 Å². The van der Waals surface area contributed by atoms with Crippen LogP contribution in [0.25, 0.3) is 0 Å². The number of aromatic nitrogens is 11. The summed E-state index contributed by atoms with van der Waals surface area (Å²) in [6, 6.07) is 4.49. The number of amides is 7. The van der Waals surface area contributed by atoms with Crippen molar-refractivity contribution in [3.8, 4) is 0 Å². The van der Waals surface area contributed by atoms with E-state index in [4.69, 9.17) is 97.1 Å². The molecule has 43 heteroatoms. The molecule has 0 unspecified atom stereocenters. The summed E-state index contributed by atoms with van der Waals surface area (Å²) in [4.78, 5) is 163. The van der Waals surface area contributed by atoms with Crippen molar-refractivity contribution < 1.29 is 78.7 Å². The number of hydrogen-bond acceptors (Lipinski definition) is 28. The number of nitrogens with one attached hydrogen (secondary N) is 5. The Balaban J connectivity index is 0.000000207. The van der Waals surface area contributed by atoms with Crippen molar-refractivity contribution in [1.82, 2.24) is 69.5 Å². The van der Waals surface area contributed by atoms with E-state index in [1.807, 2.05) is 41.5 Å². The number of pyridine rings is 3. The van der Waals surface area contributed by atoms with Crippen molar-refractivity contribution in [2.75, 3.05) is 45.1 Å². The average molecular weight is 2040 g/mol. The molecule has 4 aliphatic heterocycles. The first kappa shape index (κ1) is 106. The fourth-order valence-corrected chi connectivity index (χ4v) is 18.2. The number of imide groups is 2. The molecule has 3 spiro atoms. The number of anilines is 8. The number of nitrogens with zero attached hydrogens (tertiary/aromatic N) is 13. The van der Waals surface area contributed by atoms with Gasteiger partial charge in [0.1, 0.15) is 115 Å². The van der Waals surface area contributed by atoms with Crippen LogP contribution in [-0.2, 0) is 45.1 Å². The fraction of sp³-hybridized carbons (Fsp3) is 0.563. The van der Waals surface area contributed by atoms with Crippen LogP contribution in [-0.4, -0.2) is 131 Å². The molecule has 712 valence electrons. The Kier molecular flexibility index (Phi) is 35.9. The Hall–Kier alpha value is -9.35. The predicted octanol–water partition coefficient (Wildman–Crippen LogP) is 14.8. The average Bonchev–Trinajstić information content (AvgIpc) is 1.17. The molecular weight excluding hydrogens is 1920 g/mol. The maximum atomic E-state index is 13.9. The summed E-state index contributed by atoms with van der Waals surface area (Å²) in [6.45, 7) is 35.4. The normalized spacial score (nSPS) is 16.0. The molecule has 14 rings (SSSR count). The van der Waals surface area contributed by atoms with E-state index in [0.717, 1.165) is 111 Å². The van der Waals surface area contributed by atoms with Crippen molar-refractivity contribution in [1.29, 1.82) is 0 Å². The second-order valence-corrected chi connectivity index (χ2v) is 40.5. The van der Waals surface area contributed by atoms with Gasteiger partial charge < -0.3 is 56.4 Å². The molecule has 7 aromatic heterocycles. The Labute approximate surface area is 797 Å². The van der Waals surface area contributed by atoms with Gasteiger partial charge in [0.05, 0.1) is 10.0 Å². The van der Waals surface area contributed by atoms with Crippen molar-refractivity contribution in [3.05, 3.63) is 145 Å². The number of ether oxygens (including phenoxy) is 5. The zero-order valence-electron chi connectivity index (χ0n) is 76.8. The van der Waals surface area contributed by atoms with Crippen LogP contribution >= 0.6 is 70.4 Å². The molecule has 3 saturated carbocycles. The Bertz CT molecular complexity index is 5430. The summed E-state index contributed by atoms with van der Waals surface area (Å²) in [5.41, 5.74) is 9.16. The Morgan fingerprint density at radius 3 is 1.11 bits per heavy atom. The van der Waals surface area contributed by atoms with Gasteiger partial charge in [0.15, 0.2) is 11.6 Å². The summed E-state index contributed by atoms with van der Waals surface area (Å²) < 4.78 is 37.4. The van der Waals surface area contributed by atoms with E-state index in [9.17, 15) is 47.9 Å². The molecule has 7 aliphatic rings. The molecule has 7 amide bonds. The zero-order valence-corrected chi connectivity index (χ0v) is 83.5. The maximum absolute atomic E-state index is 13.9. The molecule has 1 saturated heterocycles. The number of fused-ring (bicyclic) bond motifs is 6. The topological polar surface area (TPSA) is 479 Å². The number of nitrogen functional groups attached to an aromatic ring is 2. The van der Waals surface area contributed by atoms with E-state index < -0.39 is 90.8 Å². The van der Waals surface area contributed by atoms with Gasteiger partial charge in [-0.15, -0.1) is 12.4 Å². The summed E-state index contributed by atoms with van der Waals surface area (Å²) in [6.07, 6.45) is 17.0. The van der Waals surface area contributed by atoms with Crippen LogP contribution in [0.2, 0.25) is 25.4 Å². The van der Waals surface area contributed by atoms with E-state index in [1.54, 1.807) is 105 Å². The molecule has 3 aliphatic carbocycles. The van der Waals surface area contributed by atoms with Gasteiger partial charge in [-0.1, -0.05) is 101 Å².